The van der Waals surface area contributed by atoms with Gasteiger partial charge in [-0.3, -0.25) is 4.79 Å². The smallest absolute Gasteiger partial charge is 0.422 e. The van der Waals surface area contributed by atoms with Gasteiger partial charge in [0.25, 0.3) is 5.91 Å². The number of nitrogens with zero attached hydrogens (tertiary/aromatic N) is 2. The highest BCUT2D eigenvalue weighted by Gasteiger charge is 2.31. The first-order valence-corrected chi connectivity index (χ1v) is 13.4. The summed E-state index contributed by atoms with van der Waals surface area (Å²) in [4.78, 5) is 12.5. The first kappa shape index (κ1) is 27.9. The van der Waals surface area contributed by atoms with Gasteiger partial charge in [0, 0.05) is 32.7 Å². The molecule has 0 bridgehead atoms. The van der Waals surface area contributed by atoms with E-state index in [1.165, 1.54) is 38.4 Å². The molecule has 0 saturated carbocycles. The van der Waals surface area contributed by atoms with Gasteiger partial charge in [0.2, 0.25) is 20.0 Å². The van der Waals surface area contributed by atoms with Gasteiger partial charge >= 0.3 is 6.18 Å². The second kappa shape index (κ2) is 10.7. The van der Waals surface area contributed by atoms with E-state index in [4.69, 9.17) is 9.47 Å². The molecule has 1 amide bonds. The van der Waals surface area contributed by atoms with Crippen LogP contribution in [0.1, 0.15) is 10.4 Å². The van der Waals surface area contributed by atoms with Gasteiger partial charge in [-0.15, -0.1) is 0 Å². The highest BCUT2D eigenvalue weighted by Crippen LogP contribution is 2.31. The van der Waals surface area contributed by atoms with Crippen molar-refractivity contribution in [2.45, 2.75) is 16.0 Å². The van der Waals surface area contributed by atoms with E-state index in [0.29, 0.717) is 0 Å². The van der Waals surface area contributed by atoms with E-state index in [2.05, 4.69) is 5.32 Å². The normalized spacial score (nSPS) is 15.6. The van der Waals surface area contributed by atoms with Gasteiger partial charge < -0.3 is 14.8 Å². The third-order valence-electron chi connectivity index (χ3n) is 5.09. The number of ether oxygens (including phenoxy) is 2. The van der Waals surface area contributed by atoms with Crippen molar-refractivity contribution in [1.82, 2.24) is 8.61 Å². The van der Waals surface area contributed by atoms with Crippen molar-refractivity contribution in [3.8, 4) is 5.75 Å². The number of halogens is 3. The number of hydrogen-bond donors (Lipinski definition) is 1. The monoisotopic (exact) mass is 551 g/mol. The van der Waals surface area contributed by atoms with Crippen LogP contribution in [0.25, 0.3) is 0 Å². The third-order valence-corrected chi connectivity index (χ3v) is 8.82. The molecule has 10 nitrogen and oxygen atoms in total. The van der Waals surface area contributed by atoms with Crippen LogP contribution < -0.4 is 10.1 Å². The van der Waals surface area contributed by atoms with Crippen LogP contribution in [0, 0.1) is 0 Å². The van der Waals surface area contributed by atoms with E-state index in [1.807, 2.05) is 0 Å². The van der Waals surface area contributed by atoms with Crippen molar-refractivity contribution >= 4 is 31.6 Å². The fraction of sp³-hybridized carbons (Fsp3) is 0.381. The lowest BCUT2D eigenvalue weighted by atomic mass is 10.2. The minimum Gasteiger partial charge on any atom is -0.482 e. The van der Waals surface area contributed by atoms with Gasteiger partial charge in [0.15, 0.2) is 6.61 Å². The Labute approximate surface area is 206 Å². The van der Waals surface area contributed by atoms with Crippen LogP contribution >= 0.6 is 0 Å². The predicted molar refractivity (Wildman–Crippen MR) is 123 cm³/mol. The summed E-state index contributed by atoms with van der Waals surface area (Å²) in [7, 11) is -5.08. The molecule has 0 radical (unpaired) electrons. The van der Waals surface area contributed by atoms with Crippen molar-refractivity contribution in [1.29, 1.82) is 0 Å². The van der Waals surface area contributed by atoms with Gasteiger partial charge in [0.05, 0.1) is 28.7 Å². The van der Waals surface area contributed by atoms with Crippen molar-refractivity contribution in [2.75, 3.05) is 52.3 Å². The first-order chi connectivity index (χ1) is 16.7. The third kappa shape index (κ3) is 6.53. The lowest BCUT2D eigenvalue weighted by molar-refractivity contribution is -0.153. The molecule has 36 heavy (non-hydrogen) atoms. The molecule has 0 spiro atoms. The molecule has 2 aromatic carbocycles. The second-order valence-electron chi connectivity index (χ2n) is 7.84. The predicted octanol–water partition coefficient (Wildman–Crippen LogP) is 2.15. The lowest BCUT2D eigenvalue weighted by Crippen LogP contribution is -2.40. The summed E-state index contributed by atoms with van der Waals surface area (Å²) >= 11 is 0. The first-order valence-electron chi connectivity index (χ1n) is 10.5. The molecule has 1 heterocycles. The molecule has 0 unspecified atom stereocenters. The number of alkyl halides is 3. The number of carbonyl (C=O) groups is 1. The second-order valence-corrected chi connectivity index (χ2v) is 11.9. The Hall–Kier alpha value is -2.72. The molecular formula is C21H24F3N3O7S2. The van der Waals surface area contributed by atoms with E-state index in [0.717, 1.165) is 26.8 Å². The number of carbonyl (C=O) groups excluding carboxylic acids is 1. The maximum atomic E-state index is 13.0. The molecule has 1 fully saturated rings. The van der Waals surface area contributed by atoms with Crippen LogP contribution in [0.4, 0.5) is 18.9 Å². The van der Waals surface area contributed by atoms with Gasteiger partial charge in [-0.25, -0.2) is 21.1 Å². The zero-order valence-corrected chi connectivity index (χ0v) is 20.9. The van der Waals surface area contributed by atoms with E-state index >= 15 is 0 Å². The van der Waals surface area contributed by atoms with Crippen molar-refractivity contribution in [2.24, 2.45) is 0 Å². The molecule has 0 aromatic heterocycles. The Morgan fingerprint density at radius 1 is 1.03 bits per heavy atom. The molecule has 0 aliphatic carbocycles. The maximum absolute atomic E-state index is 13.0. The SMILES string of the molecule is CN(C)S(=O)(=O)c1ccc(C(=O)Nc2cc(S(=O)(=O)N3CCOCC3)ccc2OCC(F)(F)F)cc1. The molecule has 0 atom stereocenters. The molecule has 1 aliphatic heterocycles. The molecule has 1 aliphatic rings. The van der Waals surface area contributed by atoms with Crippen LogP contribution in [-0.4, -0.2) is 84.5 Å². The van der Waals surface area contributed by atoms with Gasteiger partial charge in [0.1, 0.15) is 5.75 Å². The van der Waals surface area contributed by atoms with Gasteiger partial charge in [-0.2, -0.15) is 17.5 Å². The maximum Gasteiger partial charge on any atom is 0.422 e. The Balaban J connectivity index is 1.92. The van der Waals surface area contributed by atoms with Crippen LogP contribution in [0.5, 0.6) is 5.75 Å². The van der Waals surface area contributed by atoms with Crippen LogP contribution in [0.3, 0.4) is 0 Å². The molecule has 1 saturated heterocycles. The summed E-state index contributed by atoms with van der Waals surface area (Å²) in [6.45, 7) is -1.09. The van der Waals surface area contributed by atoms with E-state index < -0.39 is 44.5 Å². The average Bonchev–Trinajstić information content (AvgIpc) is 2.83. The highest BCUT2D eigenvalue weighted by atomic mass is 32.2. The number of nitrogens with one attached hydrogen (secondary N) is 1. The molecule has 2 aromatic rings. The molecule has 15 heteroatoms. The summed E-state index contributed by atoms with van der Waals surface area (Å²) < 4.78 is 101. The largest absolute Gasteiger partial charge is 0.482 e. The lowest BCUT2D eigenvalue weighted by Gasteiger charge is -2.26. The van der Waals surface area contributed by atoms with E-state index in [-0.39, 0.29) is 47.3 Å². The summed E-state index contributed by atoms with van der Waals surface area (Å²) in [6, 6.07) is 7.97. The molecule has 198 valence electrons. The minimum absolute atomic E-state index is 0.0177. The Morgan fingerprint density at radius 2 is 1.61 bits per heavy atom. The standard InChI is InChI=1S/C21H24F3N3O7S2/c1-26(2)35(29,30)16-5-3-15(4-6-16)20(28)25-18-13-17(7-8-19(18)34-14-21(22,23)24)36(31,32)27-9-11-33-12-10-27/h3-8,13H,9-12,14H2,1-2H3,(H,25,28). The Bertz CT molecular complexity index is 1310. The van der Waals surface area contributed by atoms with Gasteiger partial charge in [-0.05, 0) is 42.5 Å². The number of hydrogen-bond acceptors (Lipinski definition) is 7. The van der Waals surface area contributed by atoms with Crippen LogP contribution in [0.2, 0.25) is 0 Å². The summed E-state index contributed by atoms with van der Waals surface area (Å²) in [5.41, 5.74) is -0.320. The molecular weight excluding hydrogens is 527 g/mol. The molecule has 1 N–H and O–H groups in total. The highest BCUT2D eigenvalue weighted by molar-refractivity contribution is 7.89. The zero-order chi connectivity index (χ0) is 26.7. The van der Waals surface area contributed by atoms with E-state index in [9.17, 15) is 34.8 Å². The average molecular weight is 552 g/mol. The van der Waals surface area contributed by atoms with E-state index in [1.54, 1.807) is 0 Å². The van der Waals surface area contributed by atoms with Gasteiger partial charge in [-0.1, -0.05) is 0 Å². The van der Waals surface area contributed by atoms with Crippen molar-refractivity contribution in [3.05, 3.63) is 48.0 Å². The number of amides is 1. The zero-order valence-electron chi connectivity index (χ0n) is 19.3. The minimum atomic E-state index is -4.67. The Morgan fingerprint density at radius 3 is 2.17 bits per heavy atom. The quantitative estimate of drug-likeness (QED) is 0.534. The fourth-order valence-corrected chi connectivity index (χ4v) is 5.51. The fourth-order valence-electron chi connectivity index (χ4n) is 3.17. The number of rotatable bonds is 8. The Kier molecular flexibility index (Phi) is 8.30. The number of sulfonamides is 2. The molecule has 3 rings (SSSR count). The number of morpholine rings is 1. The number of anilines is 1. The van der Waals surface area contributed by atoms with Crippen molar-refractivity contribution < 1.29 is 44.3 Å². The topological polar surface area (TPSA) is 122 Å². The summed E-state index contributed by atoms with van der Waals surface area (Å²) in [5.74, 6) is -1.21. The summed E-state index contributed by atoms with van der Waals surface area (Å²) in [5, 5.41) is 2.36. The number of benzene rings is 2. The van der Waals surface area contributed by atoms with Crippen LogP contribution in [0.15, 0.2) is 52.3 Å². The van der Waals surface area contributed by atoms with Crippen molar-refractivity contribution in [3.63, 3.8) is 0 Å². The van der Waals surface area contributed by atoms with Crippen LogP contribution in [-0.2, 0) is 24.8 Å². The summed E-state index contributed by atoms with van der Waals surface area (Å²) in [6.07, 6.45) is -4.67.